The van der Waals surface area contributed by atoms with E-state index in [4.69, 9.17) is 9.47 Å². The Bertz CT molecular complexity index is 1320. The Kier molecular flexibility index (Phi) is 6.86. The highest BCUT2D eigenvalue weighted by molar-refractivity contribution is 7.89. The molecule has 1 saturated heterocycles. The minimum absolute atomic E-state index is 0.104. The van der Waals surface area contributed by atoms with Crippen molar-refractivity contribution >= 4 is 21.6 Å². The summed E-state index contributed by atoms with van der Waals surface area (Å²) in [7, 11) is -3.73. The van der Waals surface area contributed by atoms with Crippen LogP contribution in [0, 0.1) is 0 Å². The lowest BCUT2D eigenvalue weighted by molar-refractivity contribution is -0.115. The lowest BCUT2D eigenvalue weighted by Crippen LogP contribution is -2.40. The van der Waals surface area contributed by atoms with E-state index in [1.165, 1.54) is 27.6 Å². The summed E-state index contributed by atoms with van der Waals surface area (Å²) in [4.78, 5) is 13.1. The first kappa shape index (κ1) is 23.5. The smallest absolute Gasteiger partial charge is 0.243 e. The molecule has 35 heavy (non-hydrogen) atoms. The maximum atomic E-state index is 13.2. The Morgan fingerprint density at radius 3 is 2.51 bits per heavy atom. The van der Waals surface area contributed by atoms with Crippen LogP contribution in [0.5, 0.6) is 11.5 Å². The van der Waals surface area contributed by atoms with Crippen LogP contribution in [0.15, 0.2) is 71.6 Å². The van der Waals surface area contributed by atoms with Gasteiger partial charge in [0.2, 0.25) is 15.9 Å². The number of morpholine rings is 1. The summed E-state index contributed by atoms with van der Waals surface area (Å²) in [5.41, 5.74) is 3.91. The molecule has 0 saturated carbocycles. The maximum absolute atomic E-state index is 13.2. The number of anilines is 1. The molecule has 1 fully saturated rings. The van der Waals surface area contributed by atoms with Gasteiger partial charge in [-0.15, -0.1) is 0 Å². The van der Waals surface area contributed by atoms with Crippen molar-refractivity contribution in [2.45, 2.75) is 30.6 Å². The second-order valence-corrected chi connectivity index (χ2v) is 10.7. The van der Waals surface area contributed by atoms with Crippen LogP contribution in [-0.4, -0.2) is 44.9 Å². The van der Waals surface area contributed by atoms with Crippen LogP contribution in [0.2, 0.25) is 0 Å². The molecule has 1 amide bonds. The van der Waals surface area contributed by atoms with E-state index in [-0.39, 0.29) is 17.2 Å². The predicted octanol–water partition coefficient (Wildman–Crippen LogP) is 4.17. The van der Waals surface area contributed by atoms with E-state index in [2.05, 4.69) is 17.4 Å². The molecule has 5 rings (SSSR count). The van der Waals surface area contributed by atoms with Crippen molar-refractivity contribution in [3.8, 4) is 11.5 Å². The third-order valence-electron chi connectivity index (χ3n) is 6.33. The summed E-state index contributed by atoms with van der Waals surface area (Å²) in [5.74, 6) is 0.728. The molecule has 7 nitrogen and oxygen atoms in total. The number of ether oxygens (including phenoxy) is 2. The molecule has 1 aliphatic heterocycles. The van der Waals surface area contributed by atoms with Gasteiger partial charge in [0.25, 0.3) is 0 Å². The Morgan fingerprint density at radius 2 is 1.71 bits per heavy atom. The van der Waals surface area contributed by atoms with Crippen molar-refractivity contribution in [1.29, 1.82) is 0 Å². The van der Waals surface area contributed by atoms with Crippen molar-refractivity contribution in [2.24, 2.45) is 0 Å². The number of rotatable bonds is 7. The van der Waals surface area contributed by atoms with Crippen LogP contribution in [-0.2, 0) is 38.8 Å². The lowest BCUT2D eigenvalue weighted by atomic mass is 10.0. The van der Waals surface area contributed by atoms with Crippen LogP contribution >= 0.6 is 0 Å². The van der Waals surface area contributed by atoms with Gasteiger partial charge in [0.1, 0.15) is 5.75 Å². The molecule has 3 aromatic rings. The molecule has 8 heteroatoms. The Hall–Kier alpha value is -3.20. The standard InChI is InChI=1S/C27H28N2O5S/c30-27(18-20-9-10-21-5-4-6-22(21)17-20)28-25-19-24(35(31,32)29-13-15-33-16-14-29)11-12-26(25)34-23-7-2-1-3-8-23/h1-3,7-12,17,19H,4-6,13-16,18H2,(H,28,30). The number of carbonyl (C=O) groups is 1. The van der Waals surface area contributed by atoms with Crippen LogP contribution in [0.25, 0.3) is 0 Å². The Balaban J connectivity index is 1.41. The van der Waals surface area contributed by atoms with E-state index in [9.17, 15) is 13.2 Å². The first-order chi connectivity index (χ1) is 17.0. The van der Waals surface area contributed by atoms with E-state index in [0.717, 1.165) is 24.8 Å². The van der Waals surface area contributed by atoms with Crippen molar-refractivity contribution in [2.75, 3.05) is 31.6 Å². The van der Waals surface area contributed by atoms with Gasteiger partial charge in [-0.1, -0.05) is 36.4 Å². The summed E-state index contributed by atoms with van der Waals surface area (Å²) < 4.78 is 39.1. The van der Waals surface area contributed by atoms with E-state index >= 15 is 0 Å². The fourth-order valence-electron chi connectivity index (χ4n) is 4.52. The fourth-order valence-corrected chi connectivity index (χ4v) is 5.96. The fraction of sp³-hybridized carbons (Fsp3) is 0.296. The molecule has 3 aromatic carbocycles. The number of fused-ring (bicyclic) bond motifs is 1. The zero-order chi connectivity index (χ0) is 24.3. The molecule has 0 aromatic heterocycles. The van der Waals surface area contributed by atoms with Crippen LogP contribution in [0.3, 0.4) is 0 Å². The summed E-state index contributed by atoms with van der Waals surface area (Å²) >= 11 is 0. The van der Waals surface area contributed by atoms with E-state index < -0.39 is 10.0 Å². The number of nitrogens with one attached hydrogen (secondary N) is 1. The number of aryl methyl sites for hydroxylation is 2. The van der Waals surface area contributed by atoms with Gasteiger partial charge in [-0.2, -0.15) is 4.31 Å². The third kappa shape index (κ3) is 5.40. The molecule has 1 heterocycles. The number of hydrogen-bond donors (Lipinski definition) is 1. The molecule has 0 spiro atoms. The van der Waals surface area contributed by atoms with Gasteiger partial charge in [-0.05, 0) is 66.3 Å². The molecular weight excluding hydrogens is 464 g/mol. The number of benzene rings is 3. The molecule has 1 N–H and O–H groups in total. The summed E-state index contributed by atoms with van der Waals surface area (Å²) in [6.07, 6.45) is 3.47. The zero-order valence-corrected chi connectivity index (χ0v) is 20.2. The maximum Gasteiger partial charge on any atom is 0.243 e. The molecule has 1 aliphatic carbocycles. The third-order valence-corrected chi connectivity index (χ3v) is 8.23. The van der Waals surface area contributed by atoms with E-state index in [0.29, 0.717) is 43.5 Å². The van der Waals surface area contributed by atoms with Crippen LogP contribution in [0.4, 0.5) is 5.69 Å². The SMILES string of the molecule is O=C(Cc1ccc2c(c1)CCC2)Nc1cc(S(=O)(=O)N2CCOCC2)ccc1Oc1ccccc1. The molecule has 0 atom stereocenters. The molecule has 0 radical (unpaired) electrons. The highest BCUT2D eigenvalue weighted by Crippen LogP contribution is 2.33. The number of sulfonamides is 1. The number of amides is 1. The van der Waals surface area contributed by atoms with Crippen molar-refractivity contribution in [3.63, 3.8) is 0 Å². The number of carbonyl (C=O) groups excluding carboxylic acids is 1. The molecule has 182 valence electrons. The van der Waals surface area contributed by atoms with Gasteiger partial charge in [0.15, 0.2) is 5.75 Å². The van der Waals surface area contributed by atoms with Gasteiger partial charge >= 0.3 is 0 Å². The first-order valence-corrected chi connectivity index (χ1v) is 13.3. The van der Waals surface area contributed by atoms with Gasteiger partial charge < -0.3 is 14.8 Å². The minimum Gasteiger partial charge on any atom is -0.455 e. The second kappa shape index (κ2) is 10.2. The van der Waals surface area contributed by atoms with Gasteiger partial charge in [-0.25, -0.2) is 8.42 Å². The molecular formula is C27H28N2O5S. The number of nitrogens with zero attached hydrogens (tertiary/aromatic N) is 1. The number of hydrogen-bond acceptors (Lipinski definition) is 5. The topological polar surface area (TPSA) is 84.9 Å². The summed E-state index contributed by atoms with van der Waals surface area (Å²) in [6.45, 7) is 1.31. The number of para-hydroxylation sites is 1. The zero-order valence-electron chi connectivity index (χ0n) is 19.4. The molecule has 0 unspecified atom stereocenters. The van der Waals surface area contributed by atoms with E-state index in [1.54, 1.807) is 18.2 Å². The molecule has 0 bridgehead atoms. The first-order valence-electron chi connectivity index (χ1n) is 11.8. The van der Waals surface area contributed by atoms with Crippen molar-refractivity contribution in [3.05, 3.63) is 83.4 Å². The normalized spacial score (nSPS) is 16.0. The quantitative estimate of drug-likeness (QED) is 0.535. The van der Waals surface area contributed by atoms with Gasteiger partial charge in [0.05, 0.1) is 30.2 Å². The van der Waals surface area contributed by atoms with E-state index in [1.807, 2.05) is 24.3 Å². The second-order valence-electron chi connectivity index (χ2n) is 8.77. The average molecular weight is 493 g/mol. The predicted molar refractivity (Wildman–Crippen MR) is 133 cm³/mol. The Morgan fingerprint density at radius 1 is 0.943 bits per heavy atom. The highest BCUT2D eigenvalue weighted by atomic mass is 32.2. The van der Waals surface area contributed by atoms with Crippen molar-refractivity contribution in [1.82, 2.24) is 4.31 Å². The lowest BCUT2D eigenvalue weighted by Gasteiger charge is -2.26. The Labute approximate surface area is 205 Å². The minimum atomic E-state index is -3.73. The monoisotopic (exact) mass is 492 g/mol. The highest BCUT2D eigenvalue weighted by Gasteiger charge is 2.27. The average Bonchev–Trinajstić information content (AvgIpc) is 3.34. The van der Waals surface area contributed by atoms with Crippen LogP contribution < -0.4 is 10.1 Å². The van der Waals surface area contributed by atoms with Crippen molar-refractivity contribution < 1.29 is 22.7 Å². The summed E-state index contributed by atoms with van der Waals surface area (Å²) in [5, 5.41) is 2.89. The molecule has 2 aliphatic rings. The van der Waals surface area contributed by atoms with Gasteiger partial charge in [-0.3, -0.25) is 4.79 Å². The largest absolute Gasteiger partial charge is 0.455 e. The van der Waals surface area contributed by atoms with Gasteiger partial charge in [0, 0.05) is 13.1 Å². The van der Waals surface area contributed by atoms with Crippen LogP contribution in [0.1, 0.15) is 23.1 Å². The summed E-state index contributed by atoms with van der Waals surface area (Å²) in [6, 6.07) is 19.9.